The number of aromatic nitrogens is 2. The Morgan fingerprint density at radius 2 is 2.19 bits per heavy atom. The molecule has 0 spiro atoms. The van der Waals surface area contributed by atoms with Crippen molar-refractivity contribution in [2.45, 2.75) is 52.2 Å². The zero-order chi connectivity index (χ0) is 11.5. The van der Waals surface area contributed by atoms with Gasteiger partial charge in [-0.1, -0.05) is 0 Å². The van der Waals surface area contributed by atoms with Crippen LogP contribution in [-0.2, 0) is 0 Å². The lowest BCUT2D eigenvalue weighted by Gasteiger charge is -2.33. The summed E-state index contributed by atoms with van der Waals surface area (Å²) in [5.74, 6) is 1.64. The van der Waals surface area contributed by atoms with Crippen LogP contribution in [0.1, 0.15) is 40.0 Å². The van der Waals surface area contributed by atoms with Gasteiger partial charge in [-0.25, -0.2) is 0 Å². The fourth-order valence-corrected chi connectivity index (χ4v) is 2.56. The Kier molecular flexibility index (Phi) is 3.63. The molecule has 1 aromatic rings. The van der Waals surface area contributed by atoms with Gasteiger partial charge in [-0.15, -0.1) is 4.37 Å². The number of rotatable bonds is 3. The third-order valence-electron chi connectivity index (χ3n) is 2.86. The maximum Gasteiger partial charge on any atom is 0.271 e. The van der Waals surface area contributed by atoms with E-state index in [9.17, 15) is 0 Å². The van der Waals surface area contributed by atoms with Gasteiger partial charge in [0.1, 0.15) is 0 Å². The quantitative estimate of drug-likeness (QED) is 0.815. The first-order chi connectivity index (χ1) is 7.68. The number of hydrogen-bond donors (Lipinski definition) is 0. The lowest BCUT2D eigenvalue weighted by molar-refractivity contribution is 0.234. The molecule has 0 saturated carbocycles. The summed E-state index contributed by atoms with van der Waals surface area (Å²) in [5.41, 5.74) is 0. The molecule has 16 heavy (non-hydrogen) atoms. The average Bonchev–Trinajstić information content (AvgIpc) is 2.66. The lowest BCUT2D eigenvalue weighted by Crippen LogP contribution is -2.38. The molecule has 4 nitrogen and oxygen atoms in total. The molecule has 1 fully saturated rings. The summed E-state index contributed by atoms with van der Waals surface area (Å²) in [7, 11) is 0. The molecule has 5 heteroatoms. The van der Waals surface area contributed by atoms with Crippen LogP contribution < -0.4 is 9.64 Å². The summed E-state index contributed by atoms with van der Waals surface area (Å²) in [4.78, 5) is 2.32. The number of ether oxygens (including phenoxy) is 1. The third-order valence-corrected chi connectivity index (χ3v) is 3.37. The van der Waals surface area contributed by atoms with Gasteiger partial charge >= 0.3 is 0 Å². The fraction of sp³-hybridized carbons (Fsp3) is 0.818. The van der Waals surface area contributed by atoms with E-state index in [2.05, 4.69) is 20.6 Å². The molecular weight excluding hydrogens is 222 g/mol. The van der Waals surface area contributed by atoms with Crippen LogP contribution in [0.3, 0.4) is 0 Å². The summed E-state index contributed by atoms with van der Waals surface area (Å²) in [5, 5.41) is 0. The maximum atomic E-state index is 5.68. The molecule has 2 rings (SSSR count). The largest absolute Gasteiger partial charge is 0.472 e. The van der Waals surface area contributed by atoms with E-state index < -0.39 is 0 Å². The van der Waals surface area contributed by atoms with E-state index in [4.69, 9.17) is 4.74 Å². The van der Waals surface area contributed by atoms with Crippen molar-refractivity contribution in [1.82, 2.24) is 8.75 Å². The molecule has 0 aromatic carbocycles. The minimum absolute atomic E-state index is 0.155. The highest BCUT2D eigenvalue weighted by atomic mass is 32.1. The van der Waals surface area contributed by atoms with Gasteiger partial charge in [0.05, 0.1) is 17.8 Å². The summed E-state index contributed by atoms with van der Waals surface area (Å²) >= 11 is 1.24. The van der Waals surface area contributed by atoms with E-state index in [0.717, 1.165) is 12.4 Å². The van der Waals surface area contributed by atoms with Gasteiger partial charge in [0.15, 0.2) is 0 Å². The standard InChI is InChI=1S/C11H19N3OS/c1-8(2)15-11-10(12-16-13-11)14-7-5-4-6-9(14)3/h8-9H,4-7H2,1-3H3. The van der Waals surface area contributed by atoms with E-state index in [0.29, 0.717) is 11.9 Å². The zero-order valence-electron chi connectivity index (χ0n) is 10.1. The second kappa shape index (κ2) is 4.99. The van der Waals surface area contributed by atoms with Crippen LogP contribution in [-0.4, -0.2) is 27.4 Å². The smallest absolute Gasteiger partial charge is 0.271 e. The van der Waals surface area contributed by atoms with Gasteiger partial charge in [0, 0.05) is 12.6 Å². The average molecular weight is 241 g/mol. The first-order valence-electron chi connectivity index (χ1n) is 5.94. The van der Waals surface area contributed by atoms with E-state index in [-0.39, 0.29) is 6.10 Å². The molecular formula is C11H19N3OS. The van der Waals surface area contributed by atoms with Gasteiger partial charge in [-0.2, -0.15) is 4.37 Å². The van der Waals surface area contributed by atoms with Crippen molar-refractivity contribution in [1.29, 1.82) is 0 Å². The molecule has 0 bridgehead atoms. The van der Waals surface area contributed by atoms with Crippen molar-refractivity contribution in [2.75, 3.05) is 11.4 Å². The molecule has 2 heterocycles. The molecule has 0 N–H and O–H groups in total. The molecule has 90 valence electrons. The van der Waals surface area contributed by atoms with Crippen molar-refractivity contribution in [3.63, 3.8) is 0 Å². The van der Waals surface area contributed by atoms with Crippen LogP contribution in [0.5, 0.6) is 5.88 Å². The molecule has 0 radical (unpaired) electrons. The SMILES string of the molecule is CC(C)Oc1nsnc1N1CCCCC1C. The molecule has 1 aliphatic rings. The van der Waals surface area contributed by atoms with Crippen molar-refractivity contribution < 1.29 is 4.74 Å². The number of nitrogens with zero attached hydrogens (tertiary/aromatic N) is 3. The van der Waals surface area contributed by atoms with E-state index >= 15 is 0 Å². The van der Waals surface area contributed by atoms with Gasteiger partial charge in [-0.05, 0) is 40.0 Å². The zero-order valence-corrected chi connectivity index (χ0v) is 11.0. The van der Waals surface area contributed by atoms with Crippen LogP contribution in [0.4, 0.5) is 5.82 Å². The molecule has 0 amide bonds. The molecule has 1 aliphatic heterocycles. The molecule has 0 aliphatic carbocycles. The predicted octanol–water partition coefficient (Wildman–Crippen LogP) is 2.70. The summed E-state index contributed by atoms with van der Waals surface area (Å²) < 4.78 is 14.3. The Balaban J connectivity index is 2.15. The van der Waals surface area contributed by atoms with Crippen LogP contribution in [0.25, 0.3) is 0 Å². The first kappa shape index (κ1) is 11.6. The second-order valence-corrected chi connectivity index (χ2v) is 5.13. The molecule has 1 atom stereocenters. The molecule has 1 aromatic heterocycles. The van der Waals surface area contributed by atoms with Gasteiger partial charge in [0.2, 0.25) is 5.82 Å². The Morgan fingerprint density at radius 3 is 2.88 bits per heavy atom. The minimum atomic E-state index is 0.155. The topological polar surface area (TPSA) is 38.3 Å². The predicted molar refractivity (Wildman–Crippen MR) is 66.3 cm³/mol. The number of hydrogen-bond acceptors (Lipinski definition) is 5. The molecule has 1 unspecified atom stereocenters. The third kappa shape index (κ3) is 2.45. The minimum Gasteiger partial charge on any atom is -0.472 e. The van der Waals surface area contributed by atoms with Crippen molar-refractivity contribution in [3.05, 3.63) is 0 Å². The second-order valence-electron chi connectivity index (χ2n) is 4.60. The van der Waals surface area contributed by atoms with Crippen LogP contribution >= 0.6 is 11.7 Å². The summed E-state index contributed by atoms with van der Waals surface area (Å²) in [6.07, 6.45) is 3.94. The van der Waals surface area contributed by atoms with Crippen molar-refractivity contribution >= 4 is 17.5 Å². The highest BCUT2D eigenvalue weighted by Gasteiger charge is 2.24. The van der Waals surface area contributed by atoms with E-state index in [1.165, 1.54) is 31.0 Å². The Hall–Kier alpha value is -0.840. The number of piperidine rings is 1. The van der Waals surface area contributed by atoms with Gasteiger partial charge < -0.3 is 9.64 Å². The van der Waals surface area contributed by atoms with E-state index in [1.807, 2.05) is 13.8 Å². The number of anilines is 1. The Labute approximate surface area is 101 Å². The Bertz CT molecular complexity index is 340. The Morgan fingerprint density at radius 1 is 1.38 bits per heavy atom. The highest BCUT2D eigenvalue weighted by Crippen LogP contribution is 2.31. The first-order valence-corrected chi connectivity index (χ1v) is 6.67. The lowest BCUT2D eigenvalue weighted by atomic mass is 10.0. The van der Waals surface area contributed by atoms with Crippen LogP contribution in [0, 0.1) is 0 Å². The van der Waals surface area contributed by atoms with E-state index in [1.54, 1.807) is 0 Å². The normalized spacial score (nSPS) is 21.5. The van der Waals surface area contributed by atoms with Crippen LogP contribution in [0.2, 0.25) is 0 Å². The van der Waals surface area contributed by atoms with Crippen molar-refractivity contribution in [2.24, 2.45) is 0 Å². The van der Waals surface area contributed by atoms with Gasteiger partial charge in [0.25, 0.3) is 5.88 Å². The maximum absolute atomic E-state index is 5.68. The summed E-state index contributed by atoms with van der Waals surface area (Å²) in [6.45, 7) is 7.35. The monoisotopic (exact) mass is 241 g/mol. The van der Waals surface area contributed by atoms with Crippen molar-refractivity contribution in [3.8, 4) is 5.88 Å². The summed E-state index contributed by atoms with van der Waals surface area (Å²) in [6, 6.07) is 0.548. The van der Waals surface area contributed by atoms with Gasteiger partial charge in [-0.3, -0.25) is 0 Å². The van der Waals surface area contributed by atoms with Crippen LogP contribution in [0.15, 0.2) is 0 Å². The fourth-order valence-electron chi connectivity index (χ4n) is 2.06. The molecule has 1 saturated heterocycles. The highest BCUT2D eigenvalue weighted by molar-refractivity contribution is 6.99.